The Balaban J connectivity index is 2.01. The van der Waals surface area contributed by atoms with Crippen LogP contribution >= 0.6 is 11.8 Å². The molecule has 2 aliphatic heterocycles. The molecule has 2 aliphatic rings. The Morgan fingerprint density at radius 1 is 1.33 bits per heavy atom. The number of carboxylic acid groups (broad SMARTS) is 1. The van der Waals surface area contributed by atoms with E-state index in [1.54, 1.807) is 16.7 Å². The SMILES string of the molecule is CC(C)C1SCC(C(=O)O)N1C(=O)CN1CCC(N)CC1. The zero-order valence-electron chi connectivity index (χ0n) is 12.7. The molecule has 6 nitrogen and oxygen atoms in total. The van der Waals surface area contributed by atoms with Crippen LogP contribution in [-0.4, -0.2) is 69.6 Å². The van der Waals surface area contributed by atoms with Crippen LogP contribution in [0.4, 0.5) is 0 Å². The maximum Gasteiger partial charge on any atom is 0.327 e. The number of rotatable bonds is 4. The summed E-state index contributed by atoms with van der Waals surface area (Å²) in [5.41, 5.74) is 5.87. The summed E-state index contributed by atoms with van der Waals surface area (Å²) in [6, 6.07) is -0.462. The molecule has 0 aromatic rings. The van der Waals surface area contributed by atoms with E-state index in [1.807, 2.05) is 13.8 Å². The number of nitrogens with two attached hydrogens (primary N) is 1. The van der Waals surface area contributed by atoms with Crippen molar-refractivity contribution >= 4 is 23.6 Å². The fraction of sp³-hybridized carbons (Fsp3) is 0.857. The molecular formula is C14H25N3O3S. The van der Waals surface area contributed by atoms with Gasteiger partial charge < -0.3 is 15.7 Å². The summed E-state index contributed by atoms with van der Waals surface area (Å²) in [5, 5.41) is 9.30. The van der Waals surface area contributed by atoms with Crippen molar-refractivity contribution in [3.05, 3.63) is 0 Å². The molecule has 0 saturated carbocycles. The lowest BCUT2D eigenvalue weighted by atomic mass is 10.1. The van der Waals surface area contributed by atoms with Crippen LogP contribution in [0.15, 0.2) is 0 Å². The minimum atomic E-state index is -0.903. The maximum absolute atomic E-state index is 12.6. The van der Waals surface area contributed by atoms with Gasteiger partial charge in [0.2, 0.25) is 5.91 Å². The molecule has 0 radical (unpaired) electrons. The second-order valence-corrected chi connectivity index (χ2v) is 7.39. The molecule has 2 atom stereocenters. The molecule has 2 saturated heterocycles. The van der Waals surface area contributed by atoms with Gasteiger partial charge in [0, 0.05) is 24.9 Å². The van der Waals surface area contributed by atoms with E-state index in [-0.39, 0.29) is 23.2 Å². The lowest BCUT2D eigenvalue weighted by Gasteiger charge is -2.34. The van der Waals surface area contributed by atoms with Crippen LogP contribution in [0.3, 0.4) is 0 Å². The summed E-state index contributed by atoms with van der Waals surface area (Å²) < 4.78 is 0. The summed E-state index contributed by atoms with van der Waals surface area (Å²) in [5.74, 6) is -0.242. The maximum atomic E-state index is 12.6. The molecule has 0 aliphatic carbocycles. The fourth-order valence-electron chi connectivity index (χ4n) is 2.93. The predicted molar refractivity (Wildman–Crippen MR) is 83.0 cm³/mol. The fourth-order valence-corrected chi connectivity index (χ4v) is 4.42. The lowest BCUT2D eigenvalue weighted by Crippen LogP contribution is -2.52. The number of carboxylic acids is 1. The standard InChI is InChI=1S/C14H25N3O3S/c1-9(2)13-17(11(8-21-13)14(19)20)12(18)7-16-5-3-10(15)4-6-16/h9-11,13H,3-8,15H2,1-2H3,(H,19,20). The van der Waals surface area contributed by atoms with E-state index in [1.165, 1.54) is 0 Å². The first-order chi connectivity index (χ1) is 9.90. The molecule has 120 valence electrons. The third-order valence-corrected chi connectivity index (χ3v) is 5.79. The normalized spacial score (nSPS) is 28.3. The van der Waals surface area contributed by atoms with Crippen LogP contribution in [0.2, 0.25) is 0 Å². The quantitative estimate of drug-likeness (QED) is 0.782. The van der Waals surface area contributed by atoms with Crippen molar-refractivity contribution in [1.29, 1.82) is 0 Å². The van der Waals surface area contributed by atoms with Gasteiger partial charge in [0.25, 0.3) is 0 Å². The average Bonchev–Trinajstić information content (AvgIpc) is 2.86. The summed E-state index contributed by atoms with van der Waals surface area (Å²) in [7, 11) is 0. The largest absolute Gasteiger partial charge is 0.480 e. The number of piperidine rings is 1. The van der Waals surface area contributed by atoms with Gasteiger partial charge in [0.05, 0.1) is 11.9 Å². The van der Waals surface area contributed by atoms with E-state index < -0.39 is 12.0 Å². The van der Waals surface area contributed by atoms with Crippen molar-refractivity contribution in [2.45, 2.75) is 44.1 Å². The van der Waals surface area contributed by atoms with E-state index in [2.05, 4.69) is 4.90 Å². The van der Waals surface area contributed by atoms with Gasteiger partial charge in [0.15, 0.2) is 0 Å². The molecule has 3 N–H and O–H groups in total. The number of aliphatic carboxylic acids is 1. The second kappa shape index (κ2) is 6.98. The zero-order chi connectivity index (χ0) is 15.6. The molecule has 2 heterocycles. The highest BCUT2D eigenvalue weighted by Gasteiger charge is 2.43. The van der Waals surface area contributed by atoms with Crippen molar-refractivity contribution in [1.82, 2.24) is 9.80 Å². The smallest absolute Gasteiger partial charge is 0.327 e. The highest BCUT2D eigenvalue weighted by atomic mass is 32.2. The number of carbonyl (C=O) groups excluding carboxylic acids is 1. The Morgan fingerprint density at radius 2 is 1.95 bits per heavy atom. The predicted octanol–water partition coefficient (Wildman–Crippen LogP) is 0.420. The second-order valence-electron chi connectivity index (χ2n) is 6.24. The van der Waals surface area contributed by atoms with Crippen molar-refractivity contribution in [3.8, 4) is 0 Å². The van der Waals surface area contributed by atoms with Crippen LogP contribution in [0.25, 0.3) is 0 Å². The Hall–Kier alpha value is -0.790. The van der Waals surface area contributed by atoms with Crippen LogP contribution in [0.1, 0.15) is 26.7 Å². The molecule has 7 heteroatoms. The summed E-state index contributed by atoms with van der Waals surface area (Å²) in [6.45, 7) is 6.00. The lowest BCUT2D eigenvalue weighted by molar-refractivity contribution is -0.150. The Kier molecular flexibility index (Phi) is 5.51. The summed E-state index contributed by atoms with van der Waals surface area (Å²) in [6.07, 6.45) is 1.80. The first-order valence-electron chi connectivity index (χ1n) is 7.53. The van der Waals surface area contributed by atoms with Crippen molar-refractivity contribution < 1.29 is 14.7 Å². The van der Waals surface area contributed by atoms with Crippen molar-refractivity contribution in [2.75, 3.05) is 25.4 Å². The van der Waals surface area contributed by atoms with E-state index in [0.29, 0.717) is 12.3 Å². The molecule has 21 heavy (non-hydrogen) atoms. The number of amides is 1. The highest BCUT2D eigenvalue weighted by molar-refractivity contribution is 8.00. The van der Waals surface area contributed by atoms with Gasteiger partial charge in [-0.1, -0.05) is 13.8 Å². The van der Waals surface area contributed by atoms with Crippen LogP contribution in [0.5, 0.6) is 0 Å². The van der Waals surface area contributed by atoms with Gasteiger partial charge in [-0.2, -0.15) is 0 Å². The number of thioether (sulfide) groups is 1. The molecule has 1 amide bonds. The van der Waals surface area contributed by atoms with Crippen LogP contribution in [-0.2, 0) is 9.59 Å². The summed E-state index contributed by atoms with van der Waals surface area (Å²) >= 11 is 1.57. The Bertz CT molecular complexity index is 397. The number of hydrogen-bond acceptors (Lipinski definition) is 5. The van der Waals surface area contributed by atoms with Crippen LogP contribution < -0.4 is 5.73 Å². The molecule has 2 rings (SSSR count). The molecule has 0 aromatic carbocycles. The molecule has 0 bridgehead atoms. The van der Waals surface area contributed by atoms with E-state index in [9.17, 15) is 14.7 Å². The van der Waals surface area contributed by atoms with Crippen molar-refractivity contribution in [2.24, 2.45) is 11.7 Å². The highest BCUT2D eigenvalue weighted by Crippen LogP contribution is 2.34. The number of likely N-dealkylation sites (tertiary alicyclic amines) is 1. The third-order valence-electron chi connectivity index (χ3n) is 4.17. The first-order valence-corrected chi connectivity index (χ1v) is 8.58. The van der Waals surface area contributed by atoms with Gasteiger partial charge >= 0.3 is 5.97 Å². The Morgan fingerprint density at radius 3 is 2.48 bits per heavy atom. The third kappa shape index (κ3) is 3.90. The number of hydrogen-bond donors (Lipinski definition) is 2. The topological polar surface area (TPSA) is 86.9 Å². The molecule has 2 unspecified atom stereocenters. The van der Waals surface area contributed by atoms with Gasteiger partial charge in [0.1, 0.15) is 6.04 Å². The van der Waals surface area contributed by atoms with Crippen molar-refractivity contribution in [3.63, 3.8) is 0 Å². The molecule has 2 fully saturated rings. The summed E-state index contributed by atoms with van der Waals surface area (Å²) in [4.78, 5) is 27.7. The molecule has 0 spiro atoms. The zero-order valence-corrected chi connectivity index (χ0v) is 13.5. The molecule has 0 aromatic heterocycles. The van der Waals surface area contributed by atoms with Gasteiger partial charge in [-0.05, 0) is 18.8 Å². The van der Waals surface area contributed by atoms with E-state index in [4.69, 9.17) is 5.73 Å². The van der Waals surface area contributed by atoms with Gasteiger partial charge in [-0.25, -0.2) is 4.79 Å². The van der Waals surface area contributed by atoms with E-state index in [0.717, 1.165) is 25.9 Å². The van der Waals surface area contributed by atoms with E-state index >= 15 is 0 Å². The first kappa shape index (κ1) is 16.6. The molecular weight excluding hydrogens is 290 g/mol. The number of carbonyl (C=O) groups is 2. The van der Waals surface area contributed by atoms with Gasteiger partial charge in [-0.3, -0.25) is 9.69 Å². The number of nitrogens with zero attached hydrogens (tertiary/aromatic N) is 2. The average molecular weight is 315 g/mol. The Labute approximate surface area is 130 Å². The minimum Gasteiger partial charge on any atom is -0.480 e. The van der Waals surface area contributed by atoms with Gasteiger partial charge in [-0.15, -0.1) is 11.8 Å². The monoisotopic (exact) mass is 315 g/mol. The van der Waals surface area contributed by atoms with Crippen LogP contribution in [0, 0.1) is 5.92 Å². The minimum absolute atomic E-state index is 0.0364.